The lowest BCUT2D eigenvalue weighted by Gasteiger charge is -2.25. The van der Waals surface area contributed by atoms with Crippen molar-refractivity contribution in [3.05, 3.63) is 28.2 Å². The molecule has 4 heteroatoms. The number of nitrogens with one attached hydrogen (secondary N) is 1. The average molecular weight is 313 g/mol. The monoisotopic (exact) mass is 312 g/mol. The zero-order chi connectivity index (χ0) is 13.1. The van der Waals surface area contributed by atoms with Crippen molar-refractivity contribution >= 4 is 21.6 Å². The van der Waals surface area contributed by atoms with Gasteiger partial charge in [-0.05, 0) is 60.3 Å². The normalized spacial score (nSPS) is 25.1. The smallest absolute Gasteiger partial charge is 0.0792 e. The van der Waals surface area contributed by atoms with E-state index in [-0.39, 0.29) is 12.1 Å². The first kappa shape index (κ1) is 13.8. The summed E-state index contributed by atoms with van der Waals surface area (Å²) in [6, 6.07) is 6.45. The van der Waals surface area contributed by atoms with Gasteiger partial charge >= 0.3 is 0 Å². The van der Waals surface area contributed by atoms with Crippen molar-refractivity contribution < 1.29 is 4.74 Å². The maximum absolute atomic E-state index is 5.90. The highest BCUT2D eigenvalue weighted by molar-refractivity contribution is 9.10. The molecular formula is C14H21BrN2O. The predicted molar refractivity (Wildman–Crippen MR) is 78.9 cm³/mol. The van der Waals surface area contributed by atoms with Gasteiger partial charge in [0.2, 0.25) is 0 Å². The van der Waals surface area contributed by atoms with E-state index in [1.165, 1.54) is 5.56 Å². The van der Waals surface area contributed by atoms with Crippen LogP contribution in [0.3, 0.4) is 0 Å². The molecule has 1 fully saturated rings. The minimum atomic E-state index is 0.174. The topological polar surface area (TPSA) is 47.3 Å². The molecule has 3 unspecified atom stereocenters. The quantitative estimate of drug-likeness (QED) is 0.898. The van der Waals surface area contributed by atoms with Crippen molar-refractivity contribution in [2.75, 3.05) is 11.9 Å². The number of nitrogens with two attached hydrogens (primary N) is 1. The third-order valence-electron chi connectivity index (χ3n) is 3.43. The molecule has 1 aliphatic rings. The Kier molecular flexibility index (Phi) is 4.65. The van der Waals surface area contributed by atoms with E-state index in [0.29, 0.717) is 12.6 Å². The largest absolute Gasteiger partial charge is 0.377 e. The van der Waals surface area contributed by atoms with Crippen molar-refractivity contribution in [1.29, 1.82) is 0 Å². The molecule has 1 aromatic carbocycles. The van der Waals surface area contributed by atoms with Crippen LogP contribution in [0, 0.1) is 6.92 Å². The minimum Gasteiger partial charge on any atom is -0.377 e. The number of anilines is 1. The summed E-state index contributed by atoms with van der Waals surface area (Å²) >= 11 is 3.56. The fourth-order valence-corrected chi connectivity index (χ4v) is 2.74. The van der Waals surface area contributed by atoms with E-state index in [0.717, 1.165) is 23.0 Å². The number of hydrogen-bond acceptors (Lipinski definition) is 3. The highest BCUT2D eigenvalue weighted by Gasteiger charge is 2.29. The lowest BCUT2D eigenvalue weighted by atomic mass is 10.1. The maximum atomic E-state index is 5.90. The van der Waals surface area contributed by atoms with Gasteiger partial charge < -0.3 is 15.8 Å². The SMILES string of the molecule is Cc1ccc(Br)c(NC(CN)C2CCC(C)O2)c1. The van der Waals surface area contributed by atoms with Crippen LogP contribution in [-0.4, -0.2) is 24.8 Å². The Labute approximate surface area is 117 Å². The summed E-state index contributed by atoms with van der Waals surface area (Å²) in [7, 11) is 0. The van der Waals surface area contributed by atoms with Gasteiger partial charge in [-0.1, -0.05) is 6.07 Å². The van der Waals surface area contributed by atoms with Crippen molar-refractivity contribution in [3.8, 4) is 0 Å². The number of rotatable bonds is 4. The molecule has 100 valence electrons. The van der Waals surface area contributed by atoms with Crippen LogP contribution in [0.2, 0.25) is 0 Å². The summed E-state index contributed by atoms with van der Waals surface area (Å²) in [5.74, 6) is 0. The second-order valence-corrected chi connectivity index (χ2v) is 5.89. The molecule has 18 heavy (non-hydrogen) atoms. The van der Waals surface area contributed by atoms with Crippen LogP contribution < -0.4 is 11.1 Å². The van der Waals surface area contributed by atoms with E-state index in [2.05, 4.69) is 53.3 Å². The summed E-state index contributed by atoms with van der Waals surface area (Å²) in [6.45, 7) is 4.79. The van der Waals surface area contributed by atoms with Crippen LogP contribution in [-0.2, 0) is 4.74 Å². The van der Waals surface area contributed by atoms with E-state index in [1.807, 2.05) is 0 Å². The number of hydrogen-bond donors (Lipinski definition) is 2. The predicted octanol–water partition coefficient (Wildman–Crippen LogP) is 3.06. The second-order valence-electron chi connectivity index (χ2n) is 5.03. The van der Waals surface area contributed by atoms with Crippen molar-refractivity contribution in [1.82, 2.24) is 0 Å². The van der Waals surface area contributed by atoms with Crippen LogP contribution in [0.1, 0.15) is 25.3 Å². The Morgan fingerprint density at radius 3 is 2.89 bits per heavy atom. The maximum Gasteiger partial charge on any atom is 0.0792 e. The fraction of sp³-hybridized carbons (Fsp3) is 0.571. The first-order chi connectivity index (χ1) is 8.60. The summed E-state index contributed by atoms with van der Waals surface area (Å²) in [6.07, 6.45) is 2.78. The Morgan fingerprint density at radius 1 is 1.50 bits per heavy atom. The van der Waals surface area contributed by atoms with E-state index < -0.39 is 0 Å². The van der Waals surface area contributed by atoms with Gasteiger partial charge in [-0.15, -0.1) is 0 Å². The van der Waals surface area contributed by atoms with Crippen molar-refractivity contribution in [2.45, 2.75) is 44.9 Å². The van der Waals surface area contributed by atoms with Crippen molar-refractivity contribution in [2.24, 2.45) is 5.73 Å². The highest BCUT2D eigenvalue weighted by atomic mass is 79.9. The van der Waals surface area contributed by atoms with E-state index in [1.54, 1.807) is 0 Å². The molecule has 1 heterocycles. The summed E-state index contributed by atoms with van der Waals surface area (Å²) in [5.41, 5.74) is 8.20. The standard InChI is InChI=1S/C14H21BrN2O/c1-9-3-5-11(15)12(7-9)17-13(8-16)14-6-4-10(2)18-14/h3,5,7,10,13-14,17H,4,6,8,16H2,1-2H3. The summed E-state index contributed by atoms with van der Waals surface area (Å²) in [4.78, 5) is 0. The van der Waals surface area contributed by atoms with Gasteiger partial charge in [-0.3, -0.25) is 0 Å². The van der Waals surface area contributed by atoms with Gasteiger partial charge in [0.15, 0.2) is 0 Å². The highest BCUT2D eigenvalue weighted by Crippen LogP contribution is 2.27. The summed E-state index contributed by atoms with van der Waals surface area (Å²) in [5, 5.41) is 3.50. The molecule has 1 saturated heterocycles. The molecule has 1 aliphatic heterocycles. The van der Waals surface area contributed by atoms with Gasteiger partial charge in [-0.2, -0.15) is 0 Å². The third-order valence-corrected chi connectivity index (χ3v) is 4.12. The van der Waals surface area contributed by atoms with Gasteiger partial charge in [0.05, 0.1) is 18.2 Å². The number of aryl methyl sites for hydroxylation is 1. The molecule has 0 bridgehead atoms. The van der Waals surface area contributed by atoms with Crippen LogP contribution in [0.25, 0.3) is 0 Å². The average Bonchev–Trinajstić information content (AvgIpc) is 2.77. The van der Waals surface area contributed by atoms with Crippen LogP contribution in [0.4, 0.5) is 5.69 Å². The minimum absolute atomic E-state index is 0.174. The molecule has 0 spiro atoms. The third kappa shape index (κ3) is 3.25. The van der Waals surface area contributed by atoms with Crippen molar-refractivity contribution in [3.63, 3.8) is 0 Å². The fourth-order valence-electron chi connectivity index (χ4n) is 2.38. The van der Waals surface area contributed by atoms with Gasteiger partial charge in [-0.25, -0.2) is 0 Å². The molecule has 2 rings (SSSR count). The molecule has 1 aromatic rings. The zero-order valence-corrected chi connectivity index (χ0v) is 12.5. The Balaban J connectivity index is 2.08. The molecular weight excluding hydrogens is 292 g/mol. The van der Waals surface area contributed by atoms with Gasteiger partial charge in [0.1, 0.15) is 0 Å². The van der Waals surface area contributed by atoms with Crippen LogP contribution in [0.15, 0.2) is 22.7 Å². The molecule has 3 atom stereocenters. The molecule has 3 N–H and O–H groups in total. The lowest BCUT2D eigenvalue weighted by molar-refractivity contribution is 0.0460. The van der Waals surface area contributed by atoms with Gasteiger partial charge in [0.25, 0.3) is 0 Å². The Bertz CT molecular complexity index is 411. The first-order valence-corrected chi connectivity index (χ1v) is 7.27. The van der Waals surface area contributed by atoms with E-state index in [4.69, 9.17) is 10.5 Å². The first-order valence-electron chi connectivity index (χ1n) is 6.48. The van der Waals surface area contributed by atoms with Gasteiger partial charge in [0, 0.05) is 16.7 Å². The van der Waals surface area contributed by atoms with E-state index >= 15 is 0 Å². The Morgan fingerprint density at radius 2 is 2.28 bits per heavy atom. The molecule has 0 aliphatic carbocycles. The molecule has 0 aromatic heterocycles. The van der Waals surface area contributed by atoms with Crippen LogP contribution in [0.5, 0.6) is 0 Å². The lowest BCUT2D eigenvalue weighted by Crippen LogP contribution is -2.40. The molecule has 0 saturated carbocycles. The zero-order valence-electron chi connectivity index (χ0n) is 10.9. The van der Waals surface area contributed by atoms with E-state index in [9.17, 15) is 0 Å². The number of benzene rings is 1. The Hall–Kier alpha value is -0.580. The molecule has 0 radical (unpaired) electrons. The molecule has 0 amide bonds. The molecule has 3 nitrogen and oxygen atoms in total. The number of ether oxygens (including phenoxy) is 1. The van der Waals surface area contributed by atoms with Crippen LogP contribution >= 0.6 is 15.9 Å². The number of halogens is 1. The summed E-state index contributed by atoms with van der Waals surface area (Å²) < 4.78 is 6.97. The second kappa shape index (κ2) is 6.04.